The summed E-state index contributed by atoms with van der Waals surface area (Å²) in [4.78, 5) is 10.4. The van der Waals surface area contributed by atoms with E-state index in [1.54, 1.807) is 25.1 Å². The number of nitrogens with one attached hydrogen (secondary N) is 1. The zero-order chi connectivity index (χ0) is 18.2. The molecule has 0 spiro atoms. The Morgan fingerprint density at radius 3 is 2.44 bits per heavy atom. The molecule has 8 heteroatoms. The molecule has 2 aromatic carbocycles. The molecule has 0 atom stereocenters. The second-order valence-corrected chi connectivity index (χ2v) is 8.22. The number of benzene rings is 2. The SMILES string of the molecule is Cc1nc(Br)cnc1NS(=O)(=O)c1cccc2c(N(C)C)cccc12. The van der Waals surface area contributed by atoms with Crippen molar-refractivity contribution < 1.29 is 8.42 Å². The van der Waals surface area contributed by atoms with E-state index >= 15 is 0 Å². The van der Waals surface area contributed by atoms with E-state index in [4.69, 9.17) is 0 Å². The molecule has 6 nitrogen and oxygen atoms in total. The van der Waals surface area contributed by atoms with Crippen LogP contribution in [0.2, 0.25) is 0 Å². The minimum atomic E-state index is -3.80. The Bertz CT molecular complexity index is 1050. The van der Waals surface area contributed by atoms with Crippen LogP contribution in [0.1, 0.15) is 5.69 Å². The first kappa shape index (κ1) is 17.6. The van der Waals surface area contributed by atoms with E-state index in [0.29, 0.717) is 15.7 Å². The van der Waals surface area contributed by atoms with Gasteiger partial charge < -0.3 is 4.90 Å². The van der Waals surface area contributed by atoms with Crippen molar-refractivity contribution in [2.24, 2.45) is 0 Å². The zero-order valence-corrected chi connectivity index (χ0v) is 16.4. The summed E-state index contributed by atoms with van der Waals surface area (Å²) < 4.78 is 28.9. The Morgan fingerprint density at radius 1 is 1.08 bits per heavy atom. The lowest BCUT2D eigenvalue weighted by Gasteiger charge is -2.17. The van der Waals surface area contributed by atoms with Crippen LogP contribution >= 0.6 is 15.9 Å². The van der Waals surface area contributed by atoms with E-state index in [-0.39, 0.29) is 10.7 Å². The average molecular weight is 421 g/mol. The highest BCUT2D eigenvalue weighted by molar-refractivity contribution is 9.10. The van der Waals surface area contributed by atoms with Gasteiger partial charge in [0, 0.05) is 30.6 Å². The molecule has 0 fully saturated rings. The standard InChI is InChI=1S/C17H17BrN4O2S/c1-11-17(19-10-16(18)20-11)21-25(23,24)15-9-5-6-12-13(15)7-4-8-14(12)22(2)3/h4-10H,1-3H3,(H,19,21). The molecule has 0 aliphatic heterocycles. The second kappa shape index (κ2) is 6.61. The fourth-order valence-corrected chi connectivity index (χ4v) is 4.28. The van der Waals surface area contributed by atoms with Gasteiger partial charge >= 0.3 is 0 Å². The van der Waals surface area contributed by atoms with Gasteiger partial charge in [0.25, 0.3) is 10.0 Å². The first-order valence-corrected chi connectivity index (χ1v) is 9.78. The molecule has 130 valence electrons. The number of anilines is 2. The average Bonchev–Trinajstić information content (AvgIpc) is 2.56. The third kappa shape index (κ3) is 3.45. The Morgan fingerprint density at radius 2 is 1.76 bits per heavy atom. The molecule has 0 saturated heterocycles. The van der Waals surface area contributed by atoms with E-state index in [9.17, 15) is 8.42 Å². The molecule has 1 aromatic heterocycles. The number of hydrogen-bond donors (Lipinski definition) is 1. The quantitative estimate of drug-likeness (QED) is 0.697. The number of rotatable bonds is 4. The molecule has 0 aliphatic rings. The fraction of sp³-hybridized carbons (Fsp3) is 0.176. The van der Waals surface area contributed by atoms with Crippen molar-refractivity contribution in [3.05, 3.63) is 52.9 Å². The third-order valence-electron chi connectivity index (χ3n) is 3.78. The Labute approximate surface area is 155 Å². The molecule has 1 N–H and O–H groups in total. The molecule has 1 heterocycles. The number of aromatic nitrogens is 2. The lowest BCUT2D eigenvalue weighted by atomic mass is 10.1. The summed E-state index contributed by atoms with van der Waals surface area (Å²) in [6.07, 6.45) is 1.46. The predicted molar refractivity (Wildman–Crippen MR) is 104 cm³/mol. The molecular formula is C17H17BrN4O2S. The lowest BCUT2D eigenvalue weighted by Crippen LogP contribution is -2.16. The van der Waals surface area contributed by atoms with Crippen molar-refractivity contribution in [3.63, 3.8) is 0 Å². The molecule has 0 bridgehead atoms. The highest BCUT2D eigenvalue weighted by atomic mass is 79.9. The summed E-state index contributed by atoms with van der Waals surface area (Å²) in [5.41, 5.74) is 1.45. The van der Waals surface area contributed by atoms with Gasteiger partial charge in [-0.15, -0.1) is 0 Å². The van der Waals surface area contributed by atoms with Crippen LogP contribution in [0.4, 0.5) is 11.5 Å². The highest BCUT2D eigenvalue weighted by Gasteiger charge is 2.20. The van der Waals surface area contributed by atoms with Crippen LogP contribution in [0, 0.1) is 6.92 Å². The summed E-state index contributed by atoms with van der Waals surface area (Å²) in [6, 6.07) is 10.8. The molecule has 0 amide bonds. The van der Waals surface area contributed by atoms with Crippen LogP contribution in [0.5, 0.6) is 0 Å². The normalized spacial score (nSPS) is 11.5. The maximum Gasteiger partial charge on any atom is 0.263 e. The van der Waals surface area contributed by atoms with Gasteiger partial charge in [0.15, 0.2) is 5.82 Å². The number of sulfonamides is 1. The summed E-state index contributed by atoms with van der Waals surface area (Å²) in [7, 11) is 0.0471. The van der Waals surface area contributed by atoms with Gasteiger partial charge in [0.1, 0.15) is 4.60 Å². The van der Waals surface area contributed by atoms with Crippen LogP contribution in [-0.4, -0.2) is 32.5 Å². The summed E-state index contributed by atoms with van der Waals surface area (Å²) in [5, 5.41) is 1.53. The Hall–Kier alpha value is -2.19. The summed E-state index contributed by atoms with van der Waals surface area (Å²) in [6.45, 7) is 1.70. The van der Waals surface area contributed by atoms with Crippen LogP contribution in [0.25, 0.3) is 10.8 Å². The van der Waals surface area contributed by atoms with Crippen LogP contribution < -0.4 is 9.62 Å². The van der Waals surface area contributed by atoms with Crippen LogP contribution in [0.3, 0.4) is 0 Å². The zero-order valence-electron chi connectivity index (χ0n) is 14.0. The largest absolute Gasteiger partial charge is 0.377 e. The Kier molecular flexibility index (Phi) is 4.66. The molecule has 0 aliphatic carbocycles. The minimum Gasteiger partial charge on any atom is -0.377 e. The topological polar surface area (TPSA) is 75.2 Å². The smallest absolute Gasteiger partial charge is 0.263 e. The van der Waals surface area contributed by atoms with Gasteiger partial charge in [-0.05, 0) is 35.0 Å². The van der Waals surface area contributed by atoms with Crippen molar-refractivity contribution in [2.45, 2.75) is 11.8 Å². The van der Waals surface area contributed by atoms with Crippen molar-refractivity contribution in [1.29, 1.82) is 0 Å². The Balaban J connectivity index is 2.13. The first-order chi connectivity index (χ1) is 11.8. The minimum absolute atomic E-state index is 0.206. The lowest BCUT2D eigenvalue weighted by molar-refractivity contribution is 0.601. The monoisotopic (exact) mass is 420 g/mol. The number of halogens is 1. The van der Waals surface area contributed by atoms with Gasteiger partial charge in [0.2, 0.25) is 0 Å². The van der Waals surface area contributed by atoms with Crippen LogP contribution in [-0.2, 0) is 10.0 Å². The summed E-state index contributed by atoms with van der Waals surface area (Å²) in [5.74, 6) is 0.212. The third-order valence-corrected chi connectivity index (χ3v) is 5.56. The first-order valence-electron chi connectivity index (χ1n) is 7.50. The van der Waals surface area contributed by atoms with Crippen molar-refractivity contribution in [3.8, 4) is 0 Å². The molecule has 0 radical (unpaired) electrons. The van der Waals surface area contributed by atoms with E-state index in [1.807, 2.05) is 37.2 Å². The number of aryl methyl sites for hydroxylation is 1. The molecule has 0 unspecified atom stereocenters. The van der Waals surface area contributed by atoms with Gasteiger partial charge in [-0.25, -0.2) is 18.4 Å². The van der Waals surface area contributed by atoms with Crippen molar-refractivity contribution >= 4 is 48.2 Å². The summed E-state index contributed by atoms with van der Waals surface area (Å²) >= 11 is 3.22. The van der Waals surface area contributed by atoms with Crippen molar-refractivity contribution in [1.82, 2.24) is 9.97 Å². The predicted octanol–water partition coefficient (Wildman–Crippen LogP) is 3.57. The van der Waals surface area contributed by atoms with Crippen molar-refractivity contribution in [2.75, 3.05) is 23.7 Å². The van der Waals surface area contributed by atoms with E-state index in [0.717, 1.165) is 11.1 Å². The molecule has 3 aromatic rings. The van der Waals surface area contributed by atoms with Gasteiger partial charge in [-0.2, -0.15) is 0 Å². The van der Waals surface area contributed by atoms with E-state index in [2.05, 4.69) is 30.6 Å². The fourth-order valence-electron chi connectivity index (χ4n) is 2.62. The maximum absolute atomic E-state index is 12.9. The number of fused-ring (bicyclic) bond motifs is 1. The molecule has 3 rings (SSSR count). The second-order valence-electron chi connectivity index (χ2n) is 5.76. The maximum atomic E-state index is 12.9. The molecular weight excluding hydrogens is 404 g/mol. The highest BCUT2D eigenvalue weighted by Crippen LogP contribution is 2.31. The number of hydrogen-bond acceptors (Lipinski definition) is 5. The van der Waals surface area contributed by atoms with E-state index in [1.165, 1.54) is 6.20 Å². The van der Waals surface area contributed by atoms with Crippen LogP contribution in [0.15, 0.2) is 52.1 Å². The van der Waals surface area contributed by atoms with E-state index < -0.39 is 10.0 Å². The van der Waals surface area contributed by atoms with Gasteiger partial charge in [-0.1, -0.05) is 24.3 Å². The number of nitrogens with zero attached hydrogens (tertiary/aromatic N) is 3. The van der Waals surface area contributed by atoms with Gasteiger partial charge in [0.05, 0.1) is 16.8 Å². The molecule has 0 saturated carbocycles. The van der Waals surface area contributed by atoms with Gasteiger partial charge in [-0.3, -0.25) is 4.72 Å². The molecule has 25 heavy (non-hydrogen) atoms.